The third-order valence-electron chi connectivity index (χ3n) is 5.67. The van der Waals surface area contributed by atoms with Crippen molar-refractivity contribution >= 4 is 41.7 Å². The largest absolute Gasteiger partial charge is 0.385 e. The first-order valence-corrected chi connectivity index (χ1v) is 11.1. The zero-order valence-corrected chi connectivity index (χ0v) is 20.6. The zero-order valence-electron chi connectivity index (χ0n) is 17.4. The van der Waals surface area contributed by atoms with Crippen LogP contribution in [0.3, 0.4) is 0 Å². The highest BCUT2D eigenvalue weighted by molar-refractivity contribution is 14.0. The fourth-order valence-electron chi connectivity index (χ4n) is 3.94. The second kappa shape index (κ2) is 11.6. The molecule has 1 aromatic rings. The summed E-state index contributed by atoms with van der Waals surface area (Å²) in [5, 5.41) is 12.0. The maximum absolute atomic E-state index is 5.19. The van der Waals surface area contributed by atoms with Crippen LogP contribution in [0, 0.1) is 6.92 Å². The van der Waals surface area contributed by atoms with Crippen LogP contribution in [0.15, 0.2) is 4.99 Å². The smallest absolute Gasteiger partial charge is 0.194 e. The van der Waals surface area contributed by atoms with Gasteiger partial charge in [-0.25, -0.2) is 4.99 Å². The van der Waals surface area contributed by atoms with Crippen molar-refractivity contribution in [2.75, 3.05) is 39.1 Å². The Labute approximate surface area is 190 Å². The third-order valence-corrected chi connectivity index (χ3v) is 7.21. The molecule has 1 saturated carbocycles. The van der Waals surface area contributed by atoms with Crippen molar-refractivity contribution in [1.29, 1.82) is 0 Å². The van der Waals surface area contributed by atoms with Crippen LogP contribution in [0.2, 0.25) is 0 Å². The monoisotopic (exact) mass is 522 g/mol. The van der Waals surface area contributed by atoms with Gasteiger partial charge in [-0.1, -0.05) is 19.3 Å². The molecular weight excluding hydrogens is 487 g/mol. The van der Waals surface area contributed by atoms with Crippen LogP contribution in [0.4, 0.5) is 0 Å². The molecule has 0 unspecified atom stereocenters. The summed E-state index contributed by atoms with van der Waals surface area (Å²) < 4.78 is 7.63. The van der Waals surface area contributed by atoms with E-state index in [1.165, 1.54) is 37.9 Å². The lowest BCUT2D eigenvalue weighted by Gasteiger charge is -2.45. The Kier molecular flexibility index (Phi) is 9.82. The molecule has 2 fully saturated rings. The predicted molar refractivity (Wildman–Crippen MR) is 127 cm³/mol. The lowest BCUT2D eigenvalue weighted by Crippen LogP contribution is -2.53. The Morgan fingerprint density at radius 1 is 1.29 bits per heavy atom. The van der Waals surface area contributed by atoms with E-state index in [0.29, 0.717) is 11.3 Å². The van der Waals surface area contributed by atoms with E-state index < -0.39 is 0 Å². The average Bonchev–Trinajstić information content (AvgIpc) is 3.00. The number of thioether (sulfide) groups is 1. The molecule has 0 aromatic carbocycles. The van der Waals surface area contributed by atoms with Crippen LogP contribution < -0.4 is 5.32 Å². The van der Waals surface area contributed by atoms with Crippen molar-refractivity contribution in [3.63, 3.8) is 0 Å². The standard InChI is InChI=1S/C19H34N6OS.HI/c1-16-22-23-17(24(16)2)14-21-18(20-10-7-12-26-3)25-11-13-27-19(15-25)8-5-4-6-9-19;/h4-15H2,1-3H3,(H,20,21);1H. The van der Waals surface area contributed by atoms with Crippen LogP contribution in [-0.4, -0.2) is 69.5 Å². The van der Waals surface area contributed by atoms with Crippen molar-refractivity contribution in [2.45, 2.75) is 56.7 Å². The Hall–Kier alpha value is -0.550. The van der Waals surface area contributed by atoms with Crippen molar-refractivity contribution < 1.29 is 4.74 Å². The first-order valence-electron chi connectivity index (χ1n) is 10.1. The van der Waals surface area contributed by atoms with E-state index in [0.717, 1.165) is 50.3 Å². The molecule has 2 aliphatic rings. The Morgan fingerprint density at radius 3 is 2.75 bits per heavy atom. The lowest BCUT2D eigenvalue weighted by molar-refractivity contribution is 0.195. The summed E-state index contributed by atoms with van der Waals surface area (Å²) in [6.07, 6.45) is 7.79. The number of nitrogens with one attached hydrogen (secondary N) is 1. The predicted octanol–water partition coefficient (Wildman–Crippen LogP) is 2.98. The van der Waals surface area contributed by atoms with E-state index in [9.17, 15) is 0 Å². The fourth-order valence-corrected chi connectivity index (χ4v) is 5.51. The van der Waals surface area contributed by atoms with Crippen molar-refractivity contribution in [1.82, 2.24) is 25.0 Å². The lowest BCUT2D eigenvalue weighted by atomic mass is 9.87. The first kappa shape index (κ1) is 23.7. The molecule has 1 aromatic heterocycles. The molecular formula is C19H35IN6OS. The van der Waals surface area contributed by atoms with Gasteiger partial charge >= 0.3 is 0 Å². The Balaban J connectivity index is 0.00000280. The van der Waals surface area contributed by atoms with E-state index in [4.69, 9.17) is 9.73 Å². The van der Waals surface area contributed by atoms with Crippen LogP contribution >= 0.6 is 35.7 Å². The Bertz CT molecular complexity index is 626. The SMILES string of the molecule is COCCCNC(=NCc1nnc(C)n1C)N1CCSC2(CCCCC2)C1.I. The zero-order chi connectivity index (χ0) is 19.1. The van der Waals surface area contributed by atoms with Crippen LogP contribution in [-0.2, 0) is 18.3 Å². The first-order chi connectivity index (χ1) is 13.1. The second-order valence-electron chi connectivity index (χ2n) is 7.65. The van der Waals surface area contributed by atoms with Gasteiger partial charge in [-0.05, 0) is 26.2 Å². The molecule has 0 bridgehead atoms. The number of rotatable bonds is 6. The molecule has 28 heavy (non-hydrogen) atoms. The summed E-state index contributed by atoms with van der Waals surface area (Å²) >= 11 is 2.19. The molecule has 9 heteroatoms. The van der Waals surface area contributed by atoms with Gasteiger partial charge in [0.25, 0.3) is 0 Å². The van der Waals surface area contributed by atoms with E-state index in [1.807, 2.05) is 18.5 Å². The van der Waals surface area contributed by atoms with E-state index in [2.05, 4.69) is 32.2 Å². The van der Waals surface area contributed by atoms with Gasteiger partial charge in [-0.15, -0.1) is 34.2 Å². The van der Waals surface area contributed by atoms with Gasteiger partial charge in [-0.3, -0.25) is 0 Å². The molecule has 160 valence electrons. The molecule has 2 heterocycles. The summed E-state index contributed by atoms with van der Waals surface area (Å²) in [6, 6.07) is 0. The van der Waals surface area contributed by atoms with Gasteiger partial charge in [0.1, 0.15) is 12.4 Å². The molecule has 1 aliphatic carbocycles. The Morgan fingerprint density at radius 2 is 2.07 bits per heavy atom. The summed E-state index contributed by atoms with van der Waals surface area (Å²) in [7, 11) is 3.75. The number of methoxy groups -OCH3 is 1. The van der Waals surface area contributed by atoms with Gasteiger partial charge in [0.05, 0.1) is 0 Å². The average molecular weight is 523 g/mol. The van der Waals surface area contributed by atoms with Gasteiger partial charge in [0.15, 0.2) is 11.8 Å². The highest BCUT2D eigenvalue weighted by Crippen LogP contribution is 2.42. The minimum Gasteiger partial charge on any atom is -0.385 e. The molecule has 7 nitrogen and oxygen atoms in total. The number of nitrogens with zero attached hydrogens (tertiary/aromatic N) is 5. The highest BCUT2D eigenvalue weighted by atomic mass is 127. The summed E-state index contributed by atoms with van der Waals surface area (Å²) in [4.78, 5) is 7.40. The topological polar surface area (TPSA) is 67.6 Å². The van der Waals surface area contributed by atoms with Crippen molar-refractivity contribution in [3.05, 3.63) is 11.6 Å². The van der Waals surface area contributed by atoms with Crippen LogP contribution in [0.25, 0.3) is 0 Å². The van der Waals surface area contributed by atoms with Gasteiger partial charge in [-0.2, -0.15) is 11.8 Å². The number of hydrogen-bond acceptors (Lipinski definition) is 5. The van der Waals surface area contributed by atoms with Crippen LogP contribution in [0.5, 0.6) is 0 Å². The van der Waals surface area contributed by atoms with Gasteiger partial charge in [0.2, 0.25) is 0 Å². The van der Waals surface area contributed by atoms with Crippen molar-refractivity contribution in [3.8, 4) is 0 Å². The fraction of sp³-hybridized carbons (Fsp3) is 0.842. The number of guanidine groups is 1. The number of aromatic nitrogens is 3. The molecule has 1 N–H and O–H groups in total. The molecule has 1 aliphatic heterocycles. The van der Waals surface area contributed by atoms with E-state index >= 15 is 0 Å². The molecule has 0 radical (unpaired) electrons. The van der Waals surface area contributed by atoms with Gasteiger partial charge in [0, 0.05) is 50.9 Å². The normalized spacial score (nSPS) is 19.5. The number of hydrogen-bond donors (Lipinski definition) is 1. The molecule has 1 spiro atoms. The minimum absolute atomic E-state index is 0. The number of ether oxygens (including phenoxy) is 1. The summed E-state index contributed by atoms with van der Waals surface area (Å²) in [5.41, 5.74) is 0. The number of halogens is 1. The third kappa shape index (κ3) is 6.22. The highest BCUT2D eigenvalue weighted by Gasteiger charge is 2.38. The quantitative estimate of drug-likeness (QED) is 0.268. The van der Waals surface area contributed by atoms with E-state index in [1.54, 1.807) is 7.11 Å². The van der Waals surface area contributed by atoms with Crippen molar-refractivity contribution in [2.24, 2.45) is 12.0 Å². The molecule has 1 saturated heterocycles. The molecule has 0 atom stereocenters. The second-order valence-corrected chi connectivity index (χ2v) is 9.21. The maximum Gasteiger partial charge on any atom is 0.194 e. The molecule has 0 amide bonds. The summed E-state index contributed by atoms with van der Waals surface area (Å²) in [5.74, 6) is 4.02. The van der Waals surface area contributed by atoms with Gasteiger partial charge < -0.3 is 19.5 Å². The number of aliphatic imine (C=N–C) groups is 1. The van der Waals surface area contributed by atoms with Crippen LogP contribution in [0.1, 0.15) is 50.2 Å². The maximum atomic E-state index is 5.19. The number of aryl methyl sites for hydroxylation is 1. The van der Waals surface area contributed by atoms with E-state index in [-0.39, 0.29) is 24.0 Å². The molecule has 3 rings (SSSR count). The minimum atomic E-state index is 0. The summed E-state index contributed by atoms with van der Waals surface area (Å²) in [6.45, 7) is 6.33.